The molecule has 190 valence electrons. The molecule has 1 saturated carbocycles. The summed E-state index contributed by atoms with van der Waals surface area (Å²) in [5.74, 6) is -0.652. The molecule has 1 amide bonds. The summed E-state index contributed by atoms with van der Waals surface area (Å²) >= 11 is 0. The SMILES string of the molecule is CC(=O)ON(Cc1ccccc1)[C@H](CO)C(=O)NC1CCC(Nc2ccc3cc(O)ccc3c2)CC1. The molecule has 8 heteroatoms. The molecule has 0 aliphatic heterocycles. The van der Waals surface area contributed by atoms with Crippen LogP contribution < -0.4 is 10.6 Å². The van der Waals surface area contributed by atoms with Gasteiger partial charge in [-0.25, -0.2) is 0 Å². The van der Waals surface area contributed by atoms with Crippen LogP contribution in [0.5, 0.6) is 5.75 Å². The molecule has 1 aliphatic rings. The first-order chi connectivity index (χ1) is 17.4. The van der Waals surface area contributed by atoms with Crippen molar-refractivity contribution in [2.75, 3.05) is 11.9 Å². The highest BCUT2D eigenvalue weighted by molar-refractivity contribution is 5.87. The van der Waals surface area contributed by atoms with Crippen LogP contribution in [0.1, 0.15) is 38.2 Å². The maximum atomic E-state index is 13.0. The second-order valence-electron chi connectivity index (χ2n) is 9.29. The molecule has 8 nitrogen and oxygen atoms in total. The fourth-order valence-electron chi connectivity index (χ4n) is 4.68. The second-order valence-corrected chi connectivity index (χ2v) is 9.29. The number of anilines is 1. The van der Waals surface area contributed by atoms with Crippen LogP contribution in [-0.2, 0) is 21.0 Å². The van der Waals surface area contributed by atoms with Crippen LogP contribution in [0, 0.1) is 0 Å². The standard InChI is InChI=1S/C28H33N3O5/c1-19(33)36-31(17-20-5-3-2-4-6-20)27(18-32)28(35)30-24-12-10-23(11-13-24)29-25-9-7-22-16-26(34)14-8-21(22)15-25/h2-9,14-16,23-24,27,29,32,34H,10-13,17-18H2,1H3,(H,30,35)/t23?,24?,27-/m1/s1. The van der Waals surface area contributed by atoms with Gasteiger partial charge in [-0.15, -0.1) is 5.06 Å². The Bertz CT molecular complexity index is 1180. The summed E-state index contributed by atoms with van der Waals surface area (Å²) in [6.07, 6.45) is 3.38. The van der Waals surface area contributed by atoms with Gasteiger partial charge in [-0.05, 0) is 66.3 Å². The van der Waals surface area contributed by atoms with Crippen molar-refractivity contribution in [3.8, 4) is 5.75 Å². The molecule has 0 radical (unpaired) electrons. The highest BCUT2D eigenvalue weighted by Gasteiger charge is 2.31. The largest absolute Gasteiger partial charge is 0.508 e. The minimum absolute atomic E-state index is 0.0138. The van der Waals surface area contributed by atoms with Gasteiger partial charge in [0, 0.05) is 24.7 Å². The number of hydrogen-bond donors (Lipinski definition) is 4. The second kappa shape index (κ2) is 11.9. The smallest absolute Gasteiger partial charge is 0.322 e. The van der Waals surface area contributed by atoms with E-state index in [0.717, 1.165) is 47.7 Å². The van der Waals surface area contributed by atoms with Crippen molar-refractivity contribution < 1.29 is 24.6 Å². The molecule has 0 aromatic heterocycles. The van der Waals surface area contributed by atoms with Gasteiger partial charge < -0.3 is 25.7 Å². The number of hydroxylamine groups is 2. The lowest BCUT2D eigenvalue weighted by Gasteiger charge is -2.33. The summed E-state index contributed by atoms with van der Waals surface area (Å²) in [5, 5.41) is 29.5. The van der Waals surface area contributed by atoms with Gasteiger partial charge >= 0.3 is 5.97 Å². The van der Waals surface area contributed by atoms with E-state index < -0.39 is 18.6 Å². The summed E-state index contributed by atoms with van der Waals surface area (Å²) in [7, 11) is 0. The topological polar surface area (TPSA) is 111 Å². The molecule has 4 N–H and O–H groups in total. The number of fused-ring (bicyclic) bond motifs is 1. The predicted octanol–water partition coefficient (Wildman–Crippen LogP) is 3.73. The van der Waals surface area contributed by atoms with E-state index >= 15 is 0 Å². The lowest BCUT2D eigenvalue weighted by Crippen LogP contribution is -2.52. The van der Waals surface area contributed by atoms with Gasteiger partial charge in [0.15, 0.2) is 0 Å². The van der Waals surface area contributed by atoms with E-state index in [9.17, 15) is 19.8 Å². The number of carbonyl (C=O) groups is 2. The zero-order valence-electron chi connectivity index (χ0n) is 20.4. The number of nitrogens with one attached hydrogen (secondary N) is 2. The summed E-state index contributed by atoms with van der Waals surface area (Å²) in [6.45, 7) is 1.00. The van der Waals surface area contributed by atoms with Crippen LogP contribution in [0.4, 0.5) is 5.69 Å². The molecule has 0 spiro atoms. The molecule has 1 atom stereocenters. The third-order valence-electron chi connectivity index (χ3n) is 6.52. The molecule has 0 saturated heterocycles. The molecular formula is C28H33N3O5. The first-order valence-corrected chi connectivity index (χ1v) is 12.3. The van der Waals surface area contributed by atoms with Gasteiger partial charge in [-0.3, -0.25) is 9.59 Å². The number of hydrogen-bond acceptors (Lipinski definition) is 7. The number of amides is 1. The lowest BCUT2D eigenvalue weighted by molar-refractivity contribution is -0.207. The quantitative estimate of drug-likeness (QED) is 0.338. The Balaban J connectivity index is 1.31. The number of carbonyl (C=O) groups excluding carboxylic acids is 2. The molecule has 3 aromatic rings. The summed E-state index contributed by atoms with van der Waals surface area (Å²) in [6, 6.07) is 20.0. The average molecular weight is 492 g/mol. The Labute approximate surface area is 210 Å². The number of benzene rings is 3. The highest BCUT2D eigenvalue weighted by Crippen LogP contribution is 2.26. The lowest BCUT2D eigenvalue weighted by atomic mass is 9.90. The van der Waals surface area contributed by atoms with Gasteiger partial charge in [0.2, 0.25) is 5.91 Å². The van der Waals surface area contributed by atoms with E-state index in [2.05, 4.69) is 16.7 Å². The molecule has 0 unspecified atom stereocenters. The zero-order chi connectivity index (χ0) is 25.5. The van der Waals surface area contributed by atoms with Crippen LogP contribution in [0.15, 0.2) is 66.7 Å². The van der Waals surface area contributed by atoms with Gasteiger partial charge in [0.1, 0.15) is 11.8 Å². The van der Waals surface area contributed by atoms with Crippen molar-refractivity contribution in [2.24, 2.45) is 0 Å². The molecule has 3 aromatic carbocycles. The Hall–Kier alpha value is -3.62. The molecule has 4 rings (SSSR count). The van der Waals surface area contributed by atoms with E-state index in [1.165, 1.54) is 12.0 Å². The molecule has 36 heavy (non-hydrogen) atoms. The van der Waals surface area contributed by atoms with Gasteiger partial charge in [0.25, 0.3) is 0 Å². The van der Waals surface area contributed by atoms with Crippen LogP contribution in [-0.4, -0.2) is 51.9 Å². The van der Waals surface area contributed by atoms with Crippen molar-refractivity contribution in [3.63, 3.8) is 0 Å². The van der Waals surface area contributed by atoms with E-state index in [0.29, 0.717) is 0 Å². The Kier molecular flexibility index (Phi) is 8.40. The van der Waals surface area contributed by atoms with E-state index in [1.54, 1.807) is 12.1 Å². The van der Waals surface area contributed by atoms with Crippen molar-refractivity contribution in [2.45, 2.75) is 57.3 Å². The van der Waals surface area contributed by atoms with Crippen molar-refractivity contribution in [1.29, 1.82) is 0 Å². The monoisotopic (exact) mass is 491 g/mol. The van der Waals surface area contributed by atoms with E-state index in [-0.39, 0.29) is 30.3 Å². The Morgan fingerprint density at radius 2 is 1.64 bits per heavy atom. The summed E-state index contributed by atoms with van der Waals surface area (Å²) in [5.41, 5.74) is 1.89. The van der Waals surface area contributed by atoms with Gasteiger partial charge in [0.05, 0.1) is 13.2 Å². The summed E-state index contributed by atoms with van der Waals surface area (Å²) in [4.78, 5) is 30.0. The van der Waals surface area contributed by atoms with Crippen LogP contribution in [0.25, 0.3) is 10.8 Å². The first kappa shape index (κ1) is 25.5. The summed E-state index contributed by atoms with van der Waals surface area (Å²) < 4.78 is 0. The molecule has 1 fully saturated rings. The van der Waals surface area contributed by atoms with Crippen molar-refractivity contribution >= 4 is 28.3 Å². The predicted molar refractivity (Wildman–Crippen MR) is 138 cm³/mol. The van der Waals surface area contributed by atoms with Crippen LogP contribution >= 0.6 is 0 Å². The van der Waals surface area contributed by atoms with Crippen LogP contribution in [0.3, 0.4) is 0 Å². The third kappa shape index (κ3) is 6.74. The minimum atomic E-state index is -0.998. The minimum Gasteiger partial charge on any atom is -0.508 e. The Morgan fingerprint density at radius 1 is 0.972 bits per heavy atom. The molecule has 0 bridgehead atoms. The first-order valence-electron chi connectivity index (χ1n) is 12.3. The van der Waals surface area contributed by atoms with Crippen LogP contribution in [0.2, 0.25) is 0 Å². The molecular weight excluding hydrogens is 458 g/mol. The van der Waals surface area contributed by atoms with Gasteiger partial charge in [-0.1, -0.05) is 42.5 Å². The Morgan fingerprint density at radius 3 is 2.33 bits per heavy atom. The maximum Gasteiger partial charge on any atom is 0.322 e. The zero-order valence-corrected chi connectivity index (χ0v) is 20.4. The normalized spacial score (nSPS) is 18.5. The maximum absolute atomic E-state index is 13.0. The van der Waals surface area contributed by atoms with Crippen molar-refractivity contribution in [1.82, 2.24) is 10.4 Å². The van der Waals surface area contributed by atoms with E-state index in [4.69, 9.17) is 4.84 Å². The average Bonchev–Trinajstić information content (AvgIpc) is 2.86. The number of phenolic OH excluding ortho intramolecular Hbond substituents is 1. The fourth-order valence-corrected chi connectivity index (χ4v) is 4.68. The third-order valence-corrected chi connectivity index (χ3v) is 6.52. The number of rotatable bonds is 9. The fraction of sp³-hybridized carbons (Fsp3) is 0.357. The number of phenols is 1. The number of nitrogens with zero attached hydrogens (tertiary/aromatic N) is 1. The van der Waals surface area contributed by atoms with Crippen molar-refractivity contribution in [3.05, 3.63) is 72.3 Å². The number of aliphatic hydroxyl groups is 1. The van der Waals surface area contributed by atoms with E-state index in [1.807, 2.05) is 48.5 Å². The molecule has 0 heterocycles. The molecule has 1 aliphatic carbocycles. The number of aliphatic hydroxyl groups excluding tert-OH is 1. The van der Waals surface area contributed by atoms with Gasteiger partial charge in [-0.2, -0.15) is 0 Å². The highest BCUT2D eigenvalue weighted by atomic mass is 16.7. The number of aromatic hydroxyl groups is 1.